The topological polar surface area (TPSA) is 12.9 Å². The SMILES string of the molecule is [c]1cnc2c(c1)CC=C2. The molecule has 2 rings (SSSR count). The standard InChI is InChI=1S/C8H6N/c1-3-7-4-2-6-9-8(7)5-1/h1,4-6H,3H2. The van der Waals surface area contributed by atoms with Crippen molar-refractivity contribution in [3.05, 3.63) is 35.7 Å². The number of hydrogen-bond acceptors (Lipinski definition) is 1. The molecule has 0 saturated carbocycles. The number of fused-ring (bicyclic) bond motifs is 1. The van der Waals surface area contributed by atoms with Crippen LogP contribution in [0.5, 0.6) is 0 Å². The molecule has 0 amide bonds. The average Bonchev–Trinajstić information content (AvgIpc) is 2.33. The van der Waals surface area contributed by atoms with Crippen LogP contribution in [0.1, 0.15) is 11.3 Å². The van der Waals surface area contributed by atoms with Crippen LogP contribution < -0.4 is 0 Å². The Morgan fingerprint density at radius 1 is 1.56 bits per heavy atom. The van der Waals surface area contributed by atoms with Gasteiger partial charge < -0.3 is 0 Å². The number of hydrogen-bond donors (Lipinski definition) is 0. The molecule has 0 fully saturated rings. The van der Waals surface area contributed by atoms with Gasteiger partial charge in [-0.25, -0.2) is 0 Å². The molecule has 0 saturated heterocycles. The van der Waals surface area contributed by atoms with Crippen LogP contribution in [0, 0.1) is 6.07 Å². The zero-order chi connectivity index (χ0) is 6.10. The highest BCUT2D eigenvalue weighted by atomic mass is 14.7. The molecule has 1 aliphatic rings. The maximum absolute atomic E-state index is 4.12. The highest BCUT2D eigenvalue weighted by Crippen LogP contribution is 2.14. The van der Waals surface area contributed by atoms with E-state index < -0.39 is 0 Å². The summed E-state index contributed by atoms with van der Waals surface area (Å²) in [5.41, 5.74) is 2.39. The van der Waals surface area contributed by atoms with E-state index in [1.807, 2.05) is 12.1 Å². The molecule has 1 nitrogen and oxygen atoms in total. The van der Waals surface area contributed by atoms with Crippen molar-refractivity contribution in [2.24, 2.45) is 0 Å². The molecule has 1 aromatic rings. The highest BCUT2D eigenvalue weighted by molar-refractivity contribution is 5.55. The number of allylic oxidation sites excluding steroid dienone is 1. The number of rotatable bonds is 0. The Balaban J connectivity index is 2.63. The van der Waals surface area contributed by atoms with Gasteiger partial charge in [0.15, 0.2) is 0 Å². The lowest BCUT2D eigenvalue weighted by atomic mass is 10.2. The maximum atomic E-state index is 4.12. The molecule has 1 heteroatoms. The molecule has 1 aliphatic carbocycles. The third kappa shape index (κ3) is 0.653. The highest BCUT2D eigenvalue weighted by Gasteiger charge is 2.02. The fraction of sp³-hybridized carbons (Fsp3) is 0.125. The summed E-state index contributed by atoms with van der Waals surface area (Å²) < 4.78 is 0. The van der Waals surface area contributed by atoms with Gasteiger partial charge in [0.05, 0.1) is 5.69 Å². The number of aromatic nitrogens is 1. The molecule has 0 N–H and O–H groups in total. The molecule has 0 atom stereocenters. The number of nitrogens with zero attached hydrogens (tertiary/aromatic N) is 1. The number of pyridine rings is 1. The fourth-order valence-corrected chi connectivity index (χ4v) is 1.01. The summed E-state index contributed by atoms with van der Waals surface area (Å²) in [5.74, 6) is 0. The van der Waals surface area contributed by atoms with Crippen LogP contribution in [-0.4, -0.2) is 4.98 Å². The fourth-order valence-electron chi connectivity index (χ4n) is 1.01. The minimum atomic E-state index is 1.03. The van der Waals surface area contributed by atoms with E-state index in [4.69, 9.17) is 0 Å². The van der Waals surface area contributed by atoms with Crippen LogP contribution >= 0.6 is 0 Å². The third-order valence-corrected chi connectivity index (χ3v) is 1.48. The summed E-state index contributed by atoms with van der Waals surface area (Å²) in [6, 6.07) is 4.93. The Morgan fingerprint density at radius 3 is 3.44 bits per heavy atom. The van der Waals surface area contributed by atoms with E-state index in [9.17, 15) is 0 Å². The van der Waals surface area contributed by atoms with E-state index in [0.29, 0.717) is 0 Å². The van der Waals surface area contributed by atoms with E-state index in [0.717, 1.165) is 12.1 Å². The summed E-state index contributed by atoms with van der Waals surface area (Å²) in [5, 5.41) is 0. The first-order valence-electron chi connectivity index (χ1n) is 2.98. The van der Waals surface area contributed by atoms with Crippen molar-refractivity contribution in [1.29, 1.82) is 0 Å². The largest absolute Gasteiger partial charge is 0.256 e. The van der Waals surface area contributed by atoms with Crippen LogP contribution in [0.3, 0.4) is 0 Å². The third-order valence-electron chi connectivity index (χ3n) is 1.48. The second-order valence-corrected chi connectivity index (χ2v) is 2.09. The molecule has 0 bridgehead atoms. The van der Waals surface area contributed by atoms with Gasteiger partial charge in [0.25, 0.3) is 0 Å². The van der Waals surface area contributed by atoms with Crippen molar-refractivity contribution in [3.63, 3.8) is 0 Å². The molecule has 0 aromatic carbocycles. The first-order chi connectivity index (χ1) is 4.47. The molecular weight excluding hydrogens is 110 g/mol. The van der Waals surface area contributed by atoms with Gasteiger partial charge in [0.2, 0.25) is 0 Å². The molecule has 1 heterocycles. The predicted molar refractivity (Wildman–Crippen MR) is 35.8 cm³/mol. The van der Waals surface area contributed by atoms with E-state index in [1.54, 1.807) is 6.20 Å². The minimum absolute atomic E-state index is 1.03. The van der Waals surface area contributed by atoms with E-state index in [-0.39, 0.29) is 0 Å². The van der Waals surface area contributed by atoms with Crippen LogP contribution in [0.2, 0.25) is 0 Å². The van der Waals surface area contributed by atoms with Crippen LogP contribution in [0.15, 0.2) is 18.3 Å². The second kappa shape index (κ2) is 1.69. The van der Waals surface area contributed by atoms with Crippen molar-refractivity contribution in [2.75, 3.05) is 0 Å². The van der Waals surface area contributed by atoms with E-state index in [1.165, 1.54) is 5.56 Å². The Labute approximate surface area is 54.1 Å². The monoisotopic (exact) mass is 116 g/mol. The van der Waals surface area contributed by atoms with Gasteiger partial charge in [-0.3, -0.25) is 4.98 Å². The molecule has 0 aliphatic heterocycles. The Bertz CT molecular complexity index is 250. The van der Waals surface area contributed by atoms with E-state index in [2.05, 4.69) is 17.1 Å². The molecular formula is C8H6N. The molecule has 43 valence electrons. The van der Waals surface area contributed by atoms with Crippen molar-refractivity contribution in [3.8, 4) is 0 Å². The van der Waals surface area contributed by atoms with Gasteiger partial charge >= 0.3 is 0 Å². The minimum Gasteiger partial charge on any atom is -0.256 e. The van der Waals surface area contributed by atoms with Gasteiger partial charge in [-0.15, -0.1) is 0 Å². The van der Waals surface area contributed by atoms with Gasteiger partial charge in [0, 0.05) is 12.3 Å². The average molecular weight is 116 g/mol. The summed E-state index contributed by atoms with van der Waals surface area (Å²) >= 11 is 0. The van der Waals surface area contributed by atoms with Gasteiger partial charge in [-0.05, 0) is 24.1 Å². The van der Waals surface area contributed by atoms with Gasteiger partial charge in [-0.2, -0.15) is 0 Å². The van der Waals surface area contributed by atoms with Gasteiger partial charge in [-0.1, -0.05) is 6.08 Å². The summed E-state index contributed by atoms with van der Waals surface area (Å²) in [6.45, 7) is 0. The lowest BCUT2D eigenvalue weighted by Crippen LogP contribution is -1.82. The van der Waals surface area contributed by atoms with Crippen molar-refractivity contribution in [1.82, 2.24) is 4.98 Å². The normalized spacial score (nSPS) is 13.8. The Morgan fingerprint density at radius 2 is 2.56 bits per heavy atom. The zero-order valence-electron chi connectivity index (χ0n) is 4.96. The molecule has 1 aromatic heterocycles. The first kappa shape index (κ1) is 4.74. The molecule has 9 heavy (non-hydrogen) atoms. The maximum Gasteiger partial charge on any atom is 0.0662 e. The zero-order valence-corrected chi connectivity index (χ0v) is 4.96. The smallest absolute Gasteiger partial charge is 0.0662 e. The van der Waals surface area contributed by atoms with Crippen molar-refractivity contribution >= 4 is 6.08 Å². The van der Waals surface area contributed by atoms with Crippen LogP contribution in [-0.2, 0) is 6.42 Å². The Hall–Kier alpha value is -1.11. The Kier molecular flexibility index (Phi) is 0.890. The first-order valence-corrected chi connectivity index (χ1v) is 2.98. The van der Waals surface area contributed by atoms with Gasteiger partial charge in [0.1, 0.15) is 0 Å². The van der Waals surface area contributed by atoms with E-state index >= 15 is 0 Å². The second-order valence-electron chi connectivity index (χ2n) is 2.09. The summed E-state index contributed by atoms with van der Waals surface area (Å²) in [4.78, 5) is 4.12. The molecule has 0 spiro atoms. The molecule has 0 unspecified atom stereocenters. The quantitative estimate of drug-likeness (QED) is 0.500. The van der Waals surface area contributed by atoms with Crippen LogP contribution in [0.4, 0.5) is 0 Å². The van der Waals surface area contributed by atoms with Crippen LogP contribution in [0.25, 0.3) is 6.08 Å². The van der Waals surface area contributed by atoms with Crippen molar-refractivity contribution < 1.29 is 0 Å². The predicted octanol–water partition coefficient (Wildman–Crippen LogP) is 1.45. The summed E-state index contributed by atoms with van der Waals surface area (Å²) in [7, 11) is 0. The van der Waals surface area contributed by atoms with Crippen molar-refractivity contribution in [2.45, 2.75) is 6.42 Å². The summed E-state index contributed by atoms with van der Waals surface area (Å²) in [6.07, 6.45) is 6.89. The lowest BCUT2D eigenvalue weighted by Gasteiger charge is -1.91. The molecule has 1 radical (unpaired) electrons. The lowest BCUT2D eigenvalue weighted by molar-refractivity contribution is 1.21.